The standard InChI is InChI=1S/C16H30N4O2.HI/c1-5-17-14(18-9-8-12-6-7-12)19-13-10-20(11-13)15(21)22-16(2,3)4;/h12-13H,5-11H2,1-4H3,(H2,17,18,19);1H. The van der Waals surface area contributed by atoms with Crippen molar-refractivity contribution < 1.29 is 9.53 Å². The van der Waals surface area contributed by atoms with Gasteiger partial charge in [-0.2, -0.15) is 0 Å². The summed E-state index contributed by atoms with van der Waals surface area (Å²) in [5, 5.41) is 6.65. The molecule has 0 radical (unpaired) electrons. The molecule has 2 N–H and O–H groups in total. The van der Waals surface area contributed by atoms with Gasteiger partial charge in [-0.3, -0.25) is 4.99 Å². The lowest BCUT2D eigenvalue weighted by molar-refractivity contribution is 0.00701. The van der Waals surface area contributed by atoms with Crippen LogP contribution in [0.3, 0.4) is 0 Å². The Balaban J connectivity index is 0.00000264. The van der Waals surface area contributed by atoms with Crippen molar-refractivity contribution in [3.05, 3.63) is 0 Å². The van der Waals surface area contributed by atoms with Crippen LogP contribution in [0.2, 0.25) is 0 Å². The molecule has 1 saturated heterocycles. The van der Waals surface area contributed by atoms with E-state index in [4.69, 9.17) is 4.74 Å². The summed E-state index contributed by atoms with van der Waals surface area (Å²) < 4.78 is 5.35. The number of amides is 1. The maximum absolute atomic E-state index is 11.9. The average Bonchev–Trinajstić information content (AvgIpc) is 3.14. The van der Waals surface area contributed by atoms with Gasteiger partial charge in [0.25, 0.3) is 0 Å². The van der Waals surface area contributed by atoms with Gasteiger partial charge in [0.2, 0.25) is 0 Å². The Kier molecular flexibility index (Phi) is 7.89. The molecule has 7 heteroatoms. The number of aliphatic imine (C=N–C) groups is 1. The Morgan fingerprint density at radius 2 is 1.96 bits per heavy atom. The van der Waals surface area contributed by atoms with Crippen molar-refractivity contribution in [3.63, 3.8) is 0 Å². The highest BCUT2D eigenvalue weighted by atomic mass is 127. The third kappa shape index (κ3) is 7.58. The number of halogens is 1. The number of hydrogen-bond donors (Lipinski definition) is 2. The highest BCUT2D eigenvalue weighted by Crippen LogP contribution is 2.32. The molecule has 1 aliphatic carbocycles. The molecule has 1 saturated carbocycles. The normalized spacial score (nSPS) is 18.8. The van der Waals surface area contributed by atoms with E-state index in [1.165, 1.54) is 19.3 Å². The molecular formula is C16H31IN4O2. The smallest absolute Gasteiger partial charge is 0.410 e. The lowest BCUT2D eigenvalue weighted by atomic mass is 10.1. The summed E-state index contributed by atoms with van der Waals surface area (Å²) >= 11 is 0. The molecule has 0 unspecified atom stereocenters. The number of hydrogen-bond acceptors (Lipinski definition) is 3. The zero-order chi connectivity index (χ0) is 16.2. The Hall–Kier alpha value is -0.730. The number of carbonyl (C=O) groups excluding carboxylic acids is 1. The molecule has 0 bridgehead atoms. The van der Waals surface area contributed by atoms with Crippen LogP contribution in [-0.4, -0.2) is 54.8 Å². The summed E-state index contributed by atoms with van der Waals surface area (Å²) in [6.07, 6.45) is 3.69. The molecule has 0 atom stereocenters. The number of nitrogens with zero attached hydrogens (tertiary/aromatic N) is 2. The number of carbonyl (C=O) groups is 1. The lowest BCUT2D eigenvalue weighted by Gasteiger charge is -2.40. The molecule has 2 fully saturated rings. The predicted molar refractivity (Wildman–Crippen MR) is 103 cm³/mol. The zero-order valence-electron chi connectivity index (χ0n) is 14.7. The summed E-state index contributed by atoms with van der Waals surface area (Å²) in [6.45, 7) is 10.8. The molecule has 1 amide bonds. The van der Waals surface area contributed by atoms with Crippen LogP contribution in [0.4, 0.5) is 4.79 Å². The van der Waals surface area contributed by atoms with E-state index in [0.717, 1.165) is 25.0 Å². The van der Waals surface area contributed by atoms with Crippen LogP contribution in [0.25, 0.3) is 0 Å². The second-order valence-corrected chi connectivity index (χ2v) is 7.22. The fourth-order valence-corrected chi connectivity index (χ4v) is 2.32. The molecule has 134 valence electrons. The number of nitrogens with one attached hydrogen (secondary N) is 2. The van der Waals surface area contributed by atoms with E-state index in [1.54, 1.807) is 4.90 Å². The first-order valence-corrected chi connectivity index (χ1v) is 8.40. The summed E-state index contributed by atoms with van der Waals surface area (Å²) in [6, 6.07) is 0.256. The largest absolute Gasteiger partial charge is 0.444 e. The van der Waals surface area contributed by atoms with Crippen LogP contribution in [0.5, 0.6) is 0 Å². The second kappa shape index (κ2) is 8.94. The zero-order valence-corrected chi connectivity index (χ0v) is 17.1. The first-order chi connectivity index (χ1) is 10.4. The van der Waals surface area contributed by atoms with Crippen molar-refractivity contribution in [1.29, 1.82) is 0 Å². The molecule has 0 aromatic carbocycles. The first-order valence-electron chi connectivity index (χ1n) is 8.40. The van der Waals surface area contributed by atoms with Crippen LogP contribution >= 0.6 is 24.0 Å². The van der Waals surface area contributed by atoms with E-state index >= 15 is 0 Å². The molecule has 0 aromatic heterocycles. The average molecular weight is 438 g/mol. The van der Waals surface area contributed by atoms with Gasteiger partial charge in [-0.15, -0.1) is 24.0 Å². The molecular weight excluding hydrogens is 407 g/mol. The van der Waals surface area contributed by atoms with Crippen molar-refractivity contribution in [2.24, 2.45) is 10.9 Å². The van der Waals surface area contributed by atoms with Crippen LogP contribution in [0.1, 0.15) is 47.0 Å². The molecule has 2 aliphatic rings. The van der Waals surface area contributed by atoms with Gasteiger partial charge in [0.05, 0.1) is 6.04 Å². The number of guanidine groups is 1. The first kappa shape index (κ1) is 20.3. The summed E-state index contributed by atoms with van der Waals surface area (Å²) in [7, 11) is 0. The van der Waals surface area contributed by atoms with Crippen molar-refractivity contribution in [1.82, 2.24) is 15.5 Å². The van der Waals surface area contributed by atoms with Gasteiger partial charge in [-0.05, 0) is 40.0 Å². The van der Waals surface area contributed by atoms with E-state index in [-0.39, 0.29) is 36.1 Å². The van der Waals surface area contributed by atoms with Gasteiger partial charge in [0.1, 0.15) is 5.60 Å². The van der Waals surface area contributed by atoms with Gasteiger partial charge in [-0.1, -0.05) is 12.8 Å². The number of ether oxygens (including phenoxy) is 1. The van der Waals surface area contributed by atoms with Crippen LogP contribution < -0.4 is 10.6 Å². The van der Waals surface area contributed by atoms with Crippen molar-refractivity contribution >= 4 is 36.0 Å². The van der Waals surface area contributed by atoms with Crippen molar-refractivity contribution in [2.75, 3.05) is 26.2 Å². The monoisotopic (exact) mass is 438 g/mol. The minimum Gasteiger partial charge on any atom is -0.444 e. The minimum absolute atomic E-state index is 0. The van der Waals surface area contributed by atoms with E-state index in [1.807, 2.05) is 20.8 Å². The van der Waals surface area contributed by atoms with Crippen LogP contribution in [0.15, 0.2) is 4.99 Å². The molecule has 23 heavy (non-hydrogen) atoms. The number of rotatable bonds is 5. The second-order valence-electron chi connectivity index (χ2n) is 7.22. The molecule has 1 aliphatic heterocycles. The topological polar surface area (TPSA) is 66.0 Å². The van der Waals surface area contributed by atoms with Gasteiger partial charge in [0.15, 0.2) is 5.96 Å². The Labute approximate surface area is 156 Å². The van der Waals surface area contributed by atoms with Gasteiger partial charge in [-0.25, -0.2) is 4.79 Å². The van der Waals surface area contributed by atoms with Crippen molar-refractivity contribution in [2.45, 2.75) is 58.6 Å². The third-order valence-electron chi connectivity index (χ3n) is 3.72. The SMILES string of the molecule is CCNC(=NCCC1CC1)NC1CN(C(=O)OC(C)(C)C)C1.I. The molecule has 0 aromatic rings. The van der Waals surface area contributed by atoms with E-state index in [0.29, 0.717) is 13.1 Å². The third-order valence-corrected chi connectivity index (χ3v) is 3.72. The molecule has 0 spiro atoms. The number of likely N-dealkylation sites (tertiary alicyclic amines) is 1. The maximum Gasteiger partial charge on any atom is 0.410 e. The predicted octanol–water partition coefficient (Wildman–Crippen LogP) is 2.58. The maximum atomic E-state index is 11.9. The summed E-state index contributed by atoms with van der Waals surface area (Å²) in [4.78, 5) is 18.2. The van der Waals surface area contributed by atoms with Gasteiger partial charge >= 0.3 is 6.09 Å². The Morgan fingerprint density at radius 3 is 2.48 bits per heavy atom. The van der Waals surface area contributed by atoms with E-state index < -0.39 is 5.60 Å². The van der Waals surface area contributed by atoms with Crippen molar-refractivity contribution in [3.8, 4) is 0 Å². The van der Waals surface area contributed by atoms with E-state index in [9.17, 15) is 4.79 Å². The lowest BCUT2D eigenvalue weighted by Crippen LogP contribution is -2.63. The van der Waals surface area contributed by atoms with Crippen LogP contribution in [-0.2, 0) is 4.74 Å². The Bertz CT molecular complexity index is 413. The fourth-order valence-electron chi connectivity index (χ4n) is 2.32. The van der Waals surface area contributed by atoms with Gasteiger partial charge in [0, 0.05) is 26.2 Å². The fraction of sp³-hybridized carbons (Fsp3) is 0.875. The quantitative estimate of drug-likeness (QED) is 0.394. The molecule has 2 rings (SSSR count). The van der Waals surface area contributed by atoms with Gasteiger partial charge < -0.3 is 20.3 Å². The molecule has 1 heterocycles. The summed E-state index contributed by atoms with van der Waals surface area (Å²) in [5.41, 5.74) is -0.436. The van der Waals surface area contributed by atoms with Crippen LogP contribution in [0, 0.1) is 5.92 Å². The Morgan fingerprint density at radius 1 is 1.30 bits per heavy atom. The highest BCUT2D eigenvalue weighted by molar-refractivity contribution is 14.0. The highest BCUT2D eigenvalue weighted by Gasteiger charge is 2.34. The summed E-state index contributed by atoms with van der Waals surface area (Å²) in [5.74, 6) is 1.76. The molecule has 6 nitrogen and oxygen atoms in total. The minimum atomic E-state index is -0.436. The van der Waals surface area contributed by atoms with E-state index in [2.05, 4.69) is 22.5 Å².